The molecule has 0 saturated carbocycles. The summed E-state index contributed by atoms with van der Waals surface area (Å²) in [4.78, 5) is 35.8. The Labute approximate surface area is 167 Å². The second-order valence-corrected chi connectivity index (χ2v) is 6.11. The van der Waals surface area contributed by atoms with Gasteiger partial charge in [0.2, 0.25) is 5.78 Å². The number of nitrogens with zero attached hydrogens (tertiary/aromatic N) is 1. The molecule has 0 spiro atoms. The van der Waals surface area contributed by atoms with E-state index in [0.29, 0.717) is 11.1 Å². The Bertz CT molecular complexity index is 1050. The number of carbonyl (C=O) groups is 2. The average Bonchev–Trinajstić information content (AvgIpc) is 2.77. The zero-order chi connectivity index (χ0) is 20.6. The van der Waals surface area contributed by atoms with Crippen LogP contribution in [-0.2, 0) is 9.53 Å². The standard InChI is InChI=1S/C23H17NO5/c25-21(16-15-17-9-7-8-14-20(17)24(27)28)29-23(19-12-5-2-6-13-19)22(26)18-10-3-1-4-11-18/h1-16,23H/b16-15+. The second kappa shape index (κ2) is 9.23. The minimum Gasteiger partial charge on any atom is -0.446 e. The maximum Gasteiger partial charge on any atom is 0.331 e. The normalized spacial score (nSPS) is 11.7. The van der Waals surface area contributed by atoms with Gasteiger partial charge in [-0.3, -0.25) is 14.9 Å². The SMILES string of the molecule is O=C(/C=C/c1ccccc1[N+](=O)[O-])OC(C(=O)c1ccccc1)c1ccccc1. The highest BCUT2D eigenvalue weighted by atomic mass is 16.6. The third-order valence-electron chi connectivity index (χ3n) is 4.17. The van der Waals surface area contributed by atoms with Gasteiger partial charge in [-0.1, -0.05) is 72.8 Å². The smallest absolute Gasteiger partial charge is 0.331 e. The Morgan fingerprint density at radius 1 is 0.862 bits per heavy atom. The molecule has 0 aliphatic rings. The van der Waals surface area contributed by atoms with Crippen molar-refractivity contribution in [3.63, 3.8) is 0 Å². The number of hydrogen-bond acceptors (Lipinski definition) is 5. The number of Topliss-reactive ketones (excluding diaryl/α,β-unsaturated/α-hetero) is 1. The quantitative estimate of drug-likeness (QED) is 0.191. The highest BCUT2D eigenvalue weighted by Crippen LogP contribution is 2.24. The average molecular weight is 387 g/mol. The lowest BCUT2D eigenvalue weighted by molar-refractivity contribution is -0.385. The molecule has 0 fully saturated rings. The summed E-state index contributed by atoms with van der Waals surface area (Å²) in [5.41, 5.74) is 1.09. The van der Waals surface area contributed by atoms with Crippen molar-refractivity contribution in [2.75, 3.05) is 0 Å². The minimum atomic E-state index is -1.12. The van der Waals surface area contributed by atoms with Gasteiger partial charge >= 0.3 is 5.97 Å². The van der Waals surface area contributed by atoms with Crippen LogP contribution in [0.25, 0.3) is 6.08 Å². The molecule has 1 unspecified atom stereocenters. The van der Waals surface area contributed by atoms with Crippen molar-refractivity contribution >= 4 is 23.5 Å². The van der Waals surface area contributed by atoms with Gasteiger partial charge in [-0.25, -0.2) is 4.79 Å². The van der Waals surface area contributed by atoms with Gasteiger partial charge in [-0.05, 0) is 12.1 Å². The number of hydrogen-bond donors (Lipinski definition) is 0. The van der Waals surface area contributed by atoms with E-state index in [-0.39, 0.29) is 17.0 Å². The van der Waals surface area contributed by atoms with E-state index in [1.54, 1.807) is 66.7 Å². The summed E-state index contributed by atoms with van der Waals surface area (Å²) in [6.07, 6.45) is 1.26. The van der Waals surface area contributed by atoms with Crippen LogP contribution in [0, 0.1) is 10.1 Å². The van der Waals surface area contributed by atoms with Crippen LogP contribution in [0.1, 0.15) is 27.6 Å². The fourth-order valence-corrected chi connectivity index (χ4v) is 2.76. The van der Waals surface area contributed by atoms with Gasteiger partial charge in [-0.15, -0.1) is 0 Å². The van der Waals surface area contributed by atoms with Crippen molar-refractivity contribution in [1.82, 2.24) is 0 Å². The predicted molar refractivity (Wildman–Crippen MR) is 108 cm³/mol. The zero-order valence-corrected chi connectivity index (χ0v) is 15.3. The molecule has 29 heavy (non-hydrogen) atoms. The van der Waals surface area contributed by atoms with Crippen LogP contribution >= 0.6 is 0 Å². The molecular formula is C23H17NO5. The summed E-state index contributed by atoms with van der Waals surface area (Å²) in [6.45, 7) is 0. The monoisotopic (exact) mass is 387 g/mol. The molecular weight excluding hydrogens is 370 g/mol. The summed E-state index contributed by atoms with van der Waals surface area (Å²) in [5, 5.41) is 11.1. The number of nitro groups is 1. The van der Waals surface area contributed by atoms with Crippen LogP contribution in [0.4, 0.5) is 5.69 Å². The first-order valence-corrected chi connectivity index (χ1v) is 8.82. The van der Waals surface area contributed by atoms with E-state index in [2.05, 4.69) is 0 Å². The molecule has 3 rings (SSSR count). The van der Waals surface area contributed by atoms with Crippen LogP contribution in [0.15, 0.2) is 91.0 Å². The predicted octanol–water partition coefficient (Wildman–Crippen LogP) is 4.78. The maximum atomic E-state index is 12.9. The number of rotatable bonds is 7. The van der Waals surface area contributed by atoms with Crippen molar-refractivity contribution in [3.05, 3.63) is 118 Å². The van der Waals surface area contributed by atoms with Crippen LogP contribution < -0.4 is 0 Å². The van der Waals surface area contributed by atoms with Crippen LogP contribution in [0.3, 0.4) is 0 Å². The van der Waals surface area contributed by atoms with Gasteiger partial charge in [0.25, 0.3) is 5.69 Å². The number of nitro benzene ring substituents is 1. The minimum absolute atomic E-state index is 0.128. The van der Waals surface area contributed by atoms with Crippen molar-refractivity contribution in [1.29, 1.82) is 0 Å². The van der Waals surface area contributed by atoms with E-state index in [4.69, 9.17) is 4.74 Å². The second-order valence-electron chi connectivity index (χ2n) is 6.11. The van der Waals surface area contributed by atoms with Gasteiger partial charge in [0.05, 0.1) is 10.5 Å². The molecule has 0 aromatic heterocycles. The van der Waals surface area contributed by atoms with E-state index in [9.17, 15) is 19.7 Å². The lowest BCUT2D eigenvalue weighted by Gasteiger charge is -2.16. The molecule has 0 saturated heterocycles. The van der Waals surface area contributed by atoms with Crippen molar-refractivity contribution in [2.24, 2.45) is 0 Å². The third-order valence-corrected chi connectivity index (χ3v) is 4.17. The molecule has 0 radical (unpaired) electrons. The number of ether oxygens (including phenoxy) is 1. The van der Waals surface area contributed by atoms with Gasteiger partial charge in [0.1, 0.15) is 0 Å². The summed E-state index contributed by atoms with van der Waals surface area (Å²) in [6, 6.07) is 23.3. The fraction of sp³-hybridized carbons (Fsp3) is 0.0435. The van der Waals surface area contributed by atoms with E-state index in [1.165, 1.54) is 24.3 Å². The van der Waals surface area contributed by atoms with Gasteiger partial charge in [0.15, 0.2) is 6.10 Å². The Balaban J connectivity index is 1.84. The fourth-order valence-electron chi connectivity index (χ4n) is 2.76. The summed E-state index contributed by atoms with van der Waals surface area (Å²) in [7, 11) is 0. The van der Waals surface area contributed by atoms with Crippen LogP contribution in [0.2, 0.25) is 0 Å². The highest BCUT2D eigenvalue weighted by molar-refractivity contribution is 6.01. The molecule has 0 aliphatic carbocycles. The lowest BCUT2D eigenvalue weighted by Crippen LogP contribution is -2.19. The molecule has 144 valence electrons. The van der Waals surface area contributed by atoms with E-state index in [1.807, 2.05) is 0 Å². The van der Waals surface area contributed by atoms with E-state index < -0.39 is 17.0 Å². The van der Waals surface area contributed by atoms with Crippen LogP contribution in [-0.4, -0.2) is 16.7 Å². The van der Waals surface area contributed by atoms with E-state index in [0.717, 1.165) is 6.08 Å². The molecule has 6 nitrogen and oxygen atoms in total. The Morgan fingerprint density at radius 3 is 2.10 bits per heavy atom. The summed E-state index contributed by atoms with van der Waals surface area (Å²) in [5.74, 6) is -1.13. The molecule has 0 heterocycles. The van der Waals surface area contributed by atoms with Crippen molar-refractivity contribution < 1.29 is 19.2 Å². The highest BCUT2D eigenvalue weighted by Gasteiger charge is 2.25. The summed E-state index contributed by atoms with van der Waals surface area (Å²) >= 11 is 0. The topological polar surface area (TPSA) is 86.5 Å². The lowest BCUT2D eigenvalue weighted by atomic mass is 10.00. The molecule has 0 N–H and O–H groups in total. The Hall–Kier alpha value is -4.06. The molecule has 0 bridgehead atoms. The van der Waals surface area contributed by atoms with E-state index >= 15 is 0 Å². The molecule has 3 aromatic carbocycles. The number of esters is 1. The largest absolute Gasteiger partial charge is 0.446 e. The van der Waals surface area contributed by atoms with Gasteiger partial charge in [-0.2, -0.15) is 0 Å². The first-order chi connectivity index (χ1) is 14.1. The summed E-state index contributed by atoms with van der Waals surface area (Å²) < 4.78 is 5.43. The van der Waals surface area contributed by atoms with Gasteiger partial charge < -0.3 is 4.74 Å². The maximum absolute atomic E-state index is 12.9. The Kier molecular flexibility index (Phi) is 6.27. The van der Waals surface area contributed by atoms with Gasteiger partial charge in [0, 0.05) is 23.3 Å². The number of ketones is 1. The third kappa shape index (κ3) is 5.01. The molecule has 1 atom stereocenters. The molecule has 3 aromatic rings. The number of para-hydroxylation sites is 1. The number of carbonyl (C=O) groups excluding carboxylic acids is 2. The zero-order valence-electron chi connectivity index (χ0n) is 15.3. The Morgan fingerprint density at radius 2 is 1.45 bits per heavy atom. The molecule has 6 heteroatoms. The molecule has 0 aliphatic heterocycles. The van der Waals surface area contributed by atoms with Crippen LogP contribution in [0.5, 0.6) is 0 Å². The number of benzene rings is 3. The molecule has 0 amide bonds. The first kappa shape index (κ1) is 19.7. The first-order valence-electron chi connectivity index (χ1n) is 8.82. The van der Waals surface area contributed by atoms with Crippen molar-refractivity contribution in [3.8, 4) is 0 Å². The van der Waals surface area contributed by atoms with Crippen molar-refractivity contribution in [2.45, 2.75) is 6.10 Å².